The zero-order valence-corrected chi connectivity index (χ0v) is 18.8. The molecule has 4 heterocycles. The second-order valence-corrected chi connectivity index (χ2v) is 10.3. The maximum atomic E-state index is 12.6. The number of anilines is 2. The van der Waals surface area contributed by atoms with Crippen molar-refractivity contribution in [1.29, 1.82) is 0 Å². The van der Waals surface area contributed by atoms with Crippen molar-refractivity contribution in [2.75, 3.05) is 35.7 Å². The van der Waals surface area contributed by atoms with Gasteiger partial charge in [-0.05, 0) is 24.8 Å². The van der Waals surface area contributed by atoms with Crippen LogP contribution in [0.4, 0.5) is 11.8 Å². The highest BCUT2D eigenvalue weighted by molar-refractivity contribution is 7.85. The molecule has 0 spiro atoms. The Labute approximate surface area is 188 Å². The lowest BCUT2D eigenvalue weighted by molar-refractivity contribution is 0.213. The first-order chi connectivity index (χ1) is 15.1. The average molecular weight is 461 g/mol. The molecule has 2 aromatic heterocycles. The Hall–Kier alpha value is -2.10. The van der Waals surface area contributed by atoms with Crippen LogP contribution in [0.1, 0.15) is 43.6 Å². The molecule has 2 aliphatic heterocycles. The molecule has 1 atom stereocenters. The quantitative estimate of drug-likeness (QED) is 0.701. The van der Waals surface area contributed by atoms with Crippen molar-refractivity contribution in [3.63, 3.8) is 0 Å². The number of aryl methyl sites for hydroxylation is 1. The topological polar surface area (TPSA) is 104 Å². The van der Waals surface area contributed by atoms with Gasteiger partial charge in [0, 0.05) is 37.7 Å². The number of rotatable bonds is 5. The van der Waals surface area contributed by atoms with Gasteiger partial charge in [0.25, 0.3) is 0 Å². The molecule has 1 fully saturated rings. The lowest BCUT2D eigenvalue weighted by atomic mass is 9.99. The summed E-state index contributed by atoms with van der Waals surface area (Å²) >= 11 is 5.89. The molecule has 164 valence electrons. The zero-order valence-electron chi connectivity index (χ0n) is 17.2. The van der Waals surface area contributed by atoms with Gasteiger partial charge in [0.2, 0.25) is 5.95 Å². The number of hydrogen-bond donors (Lipinski definition) is 2. The van der Waals surface area contributed by atoms with Crippen LogP contribution in [0.25, 0.3) is 5.57 Å². The number of aliphatic hydroxyl groups excluding tert-OH is 1. The molecule has 5 rings (SSSR count). The molecule has 1 unspecified atom stereocenters. The normalized spacial score (nSPS) is 22.3. The van der Waals surface area contributed by atoms with E-state index in [9.17, 15) is 9.32 Å². The predicted octanol–water partition coefficient (Wildman–Crippen LogP) is 2.59. The smallest absolute Gasteiger partial charge is 0.227 e. The van der Waals surface area contributed by atoms with Crippen LogP contribution in [0.15, 0.2) is 23.4 Å². The van der Waals surface area contributed by atoms with Gasteiger partial charge in [-0.15, -0.1) is 0 Å². The Balaban J connectivity index is 1.42. The third-order valence-corrected chi connectivity index (χ3v) is 7.98. The van der Waals surface area contributed by atoms with Crippen LogP contribution >= 0.6 is 11.6 Å². The van der Waals surface area contributed by atoms with E-state index in [1.165, 1.54) is 0 Å². The molecule has 1 saturated carbocycles. The Morgan fingerprint density at radius 1 is 1.19 bits per heavy atom. The maximum Gasteiger partial charge on any atom is 0.227 e. The first kappa shape index (κ1) is 20.8. The molecule has 10 heteroatoms. The van der Waals surface area contributed by atoms with Crippen molar-refractivity contribution in [1.82, 2.24) is 19.9 Å². The van der Waals surface area contributed by atoms with Gasteiger partial charge in [-0.1, -0.05) is 30.5 Å². The summed E-state index contributed by atoms with van der Waals surface area (Å²) < 4.78 is 12.6. The average Bonchev–Trinajstić information content (AvgIpc) is 3.42. The molecular formula is C21H25ClN6O2S. The summed E-state index contributed by atoms with van der Waals surface area (Å²) in [6.07, 6.45) is 10.7. The SMILES string of the molecule is O=S1CCc2nc(N3CC=C(c4ncc(Cl)cn4)CC3)nc(NC3(CO)CCCC3)c21. The summed E-state index contributed by atoms with van der Waals surface area (Å²) in [6.45, 7) is 1.43. The van der Waals surface area contributed by atoms with Gasteiger partial charge in [0.1, 0.15) is 10.7 Å². The molecule has 0 radical (unpaired) electrons. The van der Waals surface area contributed by atoms with Gasteiger partial charge >= 0.3 is 0 Å². The number of hydrogen-bond acceptors (Lipinski definition) is 8. The minimum Gasteiger partial charge on any atom is -0.394 e. The number of nitrogens with zero attached hydrogens (tertiary/aromatic N) is 5. The first-order valence-corrected chi connectivity index (χ1v) is 12.4. The molecule has 8 nitrogen and oxygen atoms in total. The molecule has 1 aliphatic carbocycles. The second kappa shape index (κ2) is 8.44. The van der Waals surface area contributed by atoms with Crippen molar-refractivity contribution < 1.29 is 9.32 Å². The third kappa shape index (κ3) is 4.06. The number of fused-ring (bicyclic) bond motifs is 1. The van der Waals surface area contributed by atoms with Crippen molar-refractivity contribution in [3.05, 3.63) is 35.0 Å². The fourth-order valence-electron chi connectivity index (χ4n) is 4.57. The van der Waals surface area contributed by atoms with E-state index in [2.05, 4.69) is 26.3 Å². The molecule has 0 bridgehead atoms. The lowest BCUT2D eigenvalue weighted by Crippen LogP contribution is -2.40. The van der Waals surface area contributed by atoms with Crippen molar-refractivity contribution >= 4 is 39.7 Å². The Morgan fingerprint density at radius 2 is 1.97 bits per heavy atom. The van der Waals surface area contributed by atoms with Gasteiger partial charge < -0.3 is 15.3 Å². The van der Waals surface area contributed by atoms with E-state index in [1.807, 2.05) is 0 Å². The van der Waals surface area contributed by atoms with Gasteiger partial charge in [-0.2, -0.15) is 4.98 Å². The second-order valence-electron chi connectivity index (χ2n) is 8.37. The summed E-state index contributed by atoms with van der Waals surface area (Å²) in [4.78, 5) is 21.0. The Bertz CT molecular complexity index is 1040. The van der Waals surface area contributed by atoms with E-state index < -0.39 is 10.8 Å². The largest absolute Gasteiger partial charge is 0.394 e. The molecular weight excluding hydrogens is 436 g/mol. The summed E-state index contributed by atoms with van der Waals surface area (Å²) in [5.41, 5.74) is 1.55. The van der Waals surface area contributed by atoms with Gasteiger partial charge in [0.15, 0.2) is 5.82 Å². The Morgan fingerprint density at radius 3 is 2.65 bits per heavy atom. The molecule has 31 heavy (non-hydrogen) atoms. The number of aromatic nitrogens is 4. The minimum atomic E-state index is -1.10. The maximum absolute atomic E-state index is 12.6. The highest BCUT2D eigenvalue weighted by atomic mass is 35.5. The van der Waals surface area contributed by atoms with E-state index in [0.717, 1.165) is 49.9 Å². The number of aliphatic hydroxyl groups is 1. The van der Waals surface area contributed by atoms with Gasteiger partial charge in [0.05, 0.1) is 33.7 Å². The number of nitrogens with one attached hydrogen (secondary N) is 1. The zero-order chi connectivity index (χ0) is 21.4. The van der Waals surface area contributed by atoms with Gasteiger partial charge in [-0.25, -0.2) is 15.0 Å². The first-order valence-electron chi connectivity index (χ1n) is 10.7. The van der Waals surface area contributed by atoms with Crippen LogP contribution in [-0.2, 0) is 17.2 Å². The van der Waals surface area contributed by atoms with E-state index in [0.29, 0.717) is 46.2 Å². The van der Waals surface area contributed by atoms with Crippen molar-refractivity contribution in [2.24, 2.45) is 0 Å². The van der Waals surface area contributed by atoms with Crippen LogP contribution in [-0.4, -0.2) is 60.2 Å². The molecule has 0 amide bonds. The molecule has 2 N–H and O–H groups in total. The molecule has 0 saturated heterocycles. The van der Waals surface area contributed by atoms with Crippen molar-refractivity contribution in [2.45, 2.75) is 49.0 Å². The van der Waals surface area contributed by atoms with Crippen LogP contribution in [0.5, 0.6) is 0 Å². The summed E-state index contributed by atoms with van der Waals surface area (Å²) in [7, 11) is -1.10. The van der Waals surface area contributed by atoms with Gasteiger partial charge in [-0.3, -0.25) is 4.21 Å². The summed E-state index contributed by atoms with van der Waals surface area (Å²) in [6, 6.07) is 0. The third-order valence-electron chi connectivity index (χ3n) is 6.32. The highest BCUT2D eigenvalue weighted by Crippen LogP contribution is 2.37. The summed E-state index contributed by atoms with van der Waals surface area (Å²) in [5.74, 6) is 2.54. The molecule has 3 aliphatic rings. The van der Waals surface area contributed by atoms with Crippen molar-refractivity contribution in [3.8, 4) is 0 Å². The van der Waals surface area contributed by atoms with E-state index >= 15 is 0 Å². The standard InChI is InChI=1S/C21H25ClN6O2S/c22-15-11-23-18(24-12-15)14-3-8-28(9-4-14)20-25-16-5-10-31(30)17(16)19(26-20)27-21(13-29)6-1-2-7-21/h3,11-12,29H,1-2,4-10,13H2,(H,25,26,27). The van der Waals surface area contributed by atoms with E-state index in [1.54, 1.807) is 12.4 Å². The fraction of sp³-hybridized carbons (Fsp3) is 0.524. The van der Waals surface area contributed by atoms with Crippen LogP contribution in [0.2, 0.25) is 5.02 Å². The van der Waals surface area contributed by atoms with E-state index in [-0.39, 0.29) is 12.1 Å². The lowest BCUT2D eigenvalue weighted by Gasteiger charge is -2.31. The highest BCUT2D eigenvalue weighted by Gasteiger charge is 2.36. The minimum absolute atomic E-state index is 0.0463. The summed E-state index contributed by atoms with van der Waals surface area (Å²) in [5, 5.41) is 14.1. The molecule has 2 aromatic rings. The molecule has 0 aromatic carbocycles. The fourth-order valence-corrected chi connectivity index (χ4v) is 5.97. The van der Waals surface area contributed by atoms with Crippen LogP contribution < -0.4 is 10.2 Å². The van der Waals surface area contributed by atoms with E-state index in [4.69, 9.17) is 21.6 Å². The van der Waals surface area contributed by atoms with Crippen LogP contribution in [0, 0.1) is 0 Å². The predicted molar refractivity (Wildman–Crippen MR) is 121 cm³/mol. The van der Waals surface area contributed by atoms with Crippen LogP contribution in [0.3, 0.4) is 0 Å². The monoisotopic (exact) mass is 460 g/mol. The number of halogens is 1. The Kier molecular flexibility index (Phi) is 5.66.